The van der Waals surface area contributed by atoms with Crippen molar-refractivity contribution in [1.29, 1.82) is 0 Å². The quantitative estimate of drug-likeness (QED) is 0.723. The van der Waals surface area contributed by atoms with Crippen LogP contribution in [0.25, 0.3) is 0 Å². The van der Waals surface area contributed by atoms with E-state index in [1.807, 2.05) is 0 Å². The summed E-state index contributed by atoms with van der Waals surface area (Å²) in [6.07, 6.45) is 4.23. The molecule has 2 fully saturated rings. The molecule has 14 heavy (non-hydrogen) atoms. The van der Waals surface area contributed by atoms with Gasteiger partial charge in [-0.2, -0.15) is 0 Å². The minimum Gasteiger partial charge on any atom is -0.316 e. The van der Waals surface area contributed by atoms with Gasteiger partial charge in [0.2, 0.25) is 0 Å². The molecule has 0 aliphatic carbocycles. The van der Waals surface area contributed by atoms with Crippen LogP contribution >= 0.6 is 0 Å². The summed E-state index contributed by atoms with van der Waals surface area (Å²) < 4.78 is 0. The predicted octanol–water partition coefficient (Wildman–Crippen LogP) is 1.72. The lowest BCUT2D eigenvalue weighted by molar-refractivity contribution is 0.0982. The molecule has 2 aliphatic rings. The maximum absolute atomic E-state index is 3.46. The van der Waals surface area contributed by atoms with Crippen molar-refractivity contribution in [2.24, 2.45) is 11.8 Å². The summed E-state index contributed by atoms with van der Waals surface area (Å²) in [5.74, 6) is 1.82. The molecular formula is C12H24N2. The van der Waals surface area contributed by atoms with Crippen LogP contribution < -0.4 is 5.32 Å². The van der Waals surface area contributed by atoms with Gasteiger partial charge < -0.3 is 10.2 Å². The van der Waals surface area contributed by atoms with E-state index in [1.165, 1.54) is 45.4 Å². The number of piperidine rings is 1. The maximum Gasteiger partial charge on any atom is 0.00926 e. The number of rotatable bonds is 2. The van der Waals surface area contributed by atoms with Crippen LogP contribution in [0.3, 0.4) is 0 Å². The summed E-state index contributed by atoms with van der Waals surface area (Å²) >= 11 is 0. The monoisotopic (exact) mass is 196 g/mol. The predicted molar refractivity (Wildman–Crippen MR) is 60.4 cm³/mol. The first-order chi connectivity index (χ1) is 6.77. The molecule has 0 aromatic heterocycles. The van der Waals surface area contributed by atoms with Gasteiger partial charge in [-0.05, 0) is 57.7 Å². The van der Waals surface area contributed by atoms with E-state index in [9.17, 15) is 0 Å². The molecule has 2 unspecified atom stereocenters. The van der Waals surface area contributed by atoms with E-state index in [-0.39, 0.29) is 0 Å². The standard InChI is InChI=1S/C12H24N2/c1-10-4-3-7-14(11(10)2)9-12-5-6-13-8-12/h10-13H,3-9H2,1-2H3/t10?,11?,12-/m0/s1. The van der Waals surface area contributed by atoms with Gasteiger partial charge in [0.25, 0.3) is 0 Å². The first kappa shape index (κ1) is 10.4. The number of hydrogen-bond acceptors (Lipinski definition) is 2. The van der Waals surface area contributed by atoms with Crippen molar-refractivity contribution in [2.75, 3.05) is 26.2 Å². The largest absolute Gasteiger partial charge is 0.316 e. The summed E-state index contributed by atoms with van der Waals surface area (Å²) in [5, 5.41) is 3.46. The molecule has 2 heteroatoms. The molecule has 2 nitrogen and oxygen atoms in total. The molecule has 0 radical (unpaired) electrons. The fraction of sp³-hybridized carbons (Fsp3) is 1.00. The fourth-order valence-corrected chi connectivity index (χ4v) is 2.88. The third kappa shape index (κ3) is 2.29. The van der Waals surface area contributed by atoms with E-state index in [2.05, 4.69) is 24.1 Å². The first-order valence-corrected chi connectivity index (χ1v) is 6.22. The van der Waals surface area contributed by atoms with Gasteiger partial charge in [0, 0.05) is 12.6 Å². The van der Waals surface area contributed by atoms with E-state index in [0.29, 0.717) is 0 Å². The Morgan fingerprint density at radius 3 is 2.86 bits per heavy atom. The zero-order chi connectivity index (χ0) is 9.97. The Morgan fingerprint density at radius 2 is 2.14 bits per heavy atom. The van der Waals surface area contributed by atoms with Crippen molar-refractivity contribution in [3.05, 3.63) is 0 Å². The van der Waals surface area contributed by atoms with Crippen LogP contribution in [-0.4, -0.2) is 37.1 Å². The van der Waals surface area contributed by atoms with Crippen LogP contribution in [0.5, 0.6) is 0 Å². The van der Waals surface area contributed by atoms with Gasteiger partial charge in [-0.3, -0.25) is 0 Å². The second kappa shape index (κ2) is 4.63. The molecule has 0 saturated carbocycles. The van der Waals surface area contributed by atoms with E-state index >= 15 is 0 Å². The van der Waals surface area contributed by atoms with Crippen molar-refractivity contribution in [3.8, 4) is 0 Å². The van der Waals surface area contributed by atoms with E-state index in [1.54, 1.807) is 0 Å². The molecule has 2 saturated heterocycles. The van der Waals surface area contributed by atoms with E-state index < -0.39 is 0 Å². The lowest BCUT2D eigenvalue weighted by atomic mass is 9.91. The summed E-state index contributed by atoms with van der Waals surface area (Å²) in [6, 6.07) is 0.810. The van der Waals surface area contributed by atoms with Crippen LogP contribution in [-0.2, 0) is 0 Å². The fourth-order valence-electron chi connectivity index (χ4n) is 2.88. The van der Waals surface area contributed by atoms with Crippen molar-refractivity contribution in [3.63, 3.8) is 0 Å². The Morgan fingerprint density at radius 1 is 1.29 bits per heavy atom. The van der Waals surface area contributed by atoms with Gasteiger partial charge in [-0.1, -0.05) is 6.92 Å². The summed E-state index contributed by atoms with van der Waals surface area (Å²) in [5.41, 5.74) is 0. The lowest BCUT2D eigenvalue weighted by Crippen LogP contribution is -2.44. The molecule has 1 N–H and O–H groups in total. The second-order valence-corrected chi connectivity index (χ2v) is 5.21. The van der Waals surface area contributed by atoms with Crippen LogP contribution in [0, 0.1) is 11.8 Å². The number of nitrogens with one attached hydrogen (secondary N) is 1. The topological polar surface area (TPSA) is 15.3 Å². The Kier molecular flexibility index (Phi) is 3.45. The van der Waals surface area contributed by atoms with Crippen LogP contribution in [0.4, 0.5) is 0 Å². The molecule has 82 valence electrons. The highest BCUT2D eigenvalue weighted by molar-refractivity contribution is 4.82. The van der Waals surface area contributed by atoms with Crippen molar-refractivity contribution >= 4 is 0 Å². The molecule has 0 spiro atoms. The maximum atomic E-state index is 3.46. The highest BCUT2D eigenvalue weighted by atomic mass is 15.2. The molecule has 2 rings (SSSR count). The smallest absolute Gasteiger partial charge is 0.00926 e. The zero-order valence-corrected chi connectivity index (χ0v) is 9.63. The molecule has 2 heterocycles. The second-order valence-electron chi connectivity index (χ2n) is 5.21. The molecule has 3 atom stereocenters. The van der Waals surface area contributed by atoms with Gasteiger partial charge >= 0.3 is 0 Å². The Hall–Kier alpha value is -0.0800. The normalized spacial score (nSPS) is 40.3. The minimum atomic E-state index is 0.810. The van der Waals surface area contributed by atoms with Crippen LogP contribution in [0.1, 0.15) is 33.1 Å². The molecule has 0 bridgehead atoms. The summed E-state index contributed by atoms with van der Waals surface area (Å²) in [4.78, 5) is 2.71. The Bertz CT molecular complexity index is 175. The summed E-state index contributed by atoms with van der Waals surface area (Å²) in [7, 11) is 0. The van der Waals surface area contributed by atoms with Gasteiger partial charge in [0.1, 0.15) is 0 Å². The van der Waals surface area contributed by atoms with Gasteiger partial charge in [0.15, 0.2) is 0 Å². The number of likely N-dealkylation sites (tertiary alicyclic amines) is 1. The van der Waals surface area contributed by atoms with E-state index in [0.717, 1.165) is 17.9 Å². The number of hydrogen-bond donors (Lipinski definition) is 1. The molecule has 2 aliphatic heterocycles. The number of nitrogens with zero attached hydrogens (tertiary/aromatic N) is 1. The van der Waals surface area contributed by atoms with Crippen LogP contribution in [0.15, 0.2) is 0 Å². The van der Waals surface area contributed by atoms with Crippen molar-refractivity contribution in [2.45, 2.75) is 39.2 Å². The van der Waals surface area contributed by atoms with Gasteiger partial charge in [-0.15, -0.1) is 0 Å². The van der Waals surface area contributed by atoms with Gasteiger partial charge in [-0.25, -0.2) is 0 Å². The Labute approximate surface area is 88.1 Å². The van der Waals surface area contributed by atoms with Crippen molar-refractivity contribution < 1.29 is 0 Å². The zero-order valence-electron chi connectivity index (χ0n) is 9.63. The third-order valence-corrected chi connectivity index (χ3v) is 4.16. The molecular weight excluding hydrogens is 172 g/mol. The molecule has 0 amide bonds. The average molecular weight is 196 g/mol. The highest BCUT2D eigenvalue weighted by Gasteiger charge is 2.27. The first-order valence-electron chi connectivity index (χ1n) is 6.22. The molecule has 0 aromatic carbocycles. The summed E-state index contributed by atoms with van der Waals surface area (Å²) in [6.45, 7) is 9.97. The highest BCUT2D eigenvalue weighted by Crippen LogP contribution is 2.24. The Balaban J connectivity index is 1.83. The lowest BCUT2D eigenvalue weighted by Gasteiger charge is -2.39. The van der Waals surface area contributed by atoms with Crippen molar-refractivity contribution in [1.82, 2.24) is 10.2 Å². The SMILES string of the molecule is CC1CCCN(C[C@H]2CCNC2)C1C. The molecule has 0 aromatic rings. The minimum absolute atomic E-state index is 0.810. The van der Waals surface area contributed by atoms with E-state index in [4.69, 9.17) is 0 Å². The van der Waals surface area contributed by atoms with Crippen LogP contribution in [0.2, 0.25) is 0 Å². The third-order valence-electron chi connectivity index (χ3n) is 4.16. The van der Waals surface area contributed by atoms with Gasteiger partial charge in [0.05, 0.1) is 0 Å². The average Bonchev–Trinajstić information content (AvgIpc) is 2.66.